The van der Waals surface area contributed by atoms with Crippen molar-refractivity contribution in [3.8, 4) is 0 Å². The van der Waals surface area contributed by atoms with Crippen molar-refractivity contribution in [1.82, 2.24) is 5.32 Å². The van der Waals surface area contributed by atoms with Gasteiger partial charge in [-0.3, -0.25) is 0 Å². The Kier molecular flexibility index (Phi) is 3.78. The van der Waals surface area contributed by atoms with Gasteiger partial charge in [0, 0.05) is 6.26 Å². The van der Waals surface area contributed by atoms with Crippen molar-refractivity contribution >= 4 is 9.84 Å². The molecule has 0 aliphatic rings. The molecule has 0 aliphatic carbocycles. The molecular formula is C11H14F3NO2S. The molecule has 1 aromatic carbocycles. The van der Waals surface area contributed by atoms with E-state index in [1.165, 1.54) is 31.3 Å². The molecule has 0 fully saturated rings. The number of sulfone groups is 1. The second-order valence-corrected chi connectivity index (χ2v) is 6.19. The van der Waals surface area contributed by atoms with E-state index < -0.39 is 21.6 Å². The highest BCUT2D eigenvalue weighted by Crippen LogP contribution is 2.38. The SMILES string of the molecule is CNC(C)(c1ccc(S(C)(=O)=O)cc1)C(F)(F)F. The Morgan fingerprint density at radius 1 is 1.11 bits per heavy atom. The maximum Gasteiger partial charge on any atom is 0.410 e. The zero-order chi connectivity index (χ0) is 14.2. The molecule has 0 aliphatic heterocycles. The Morgan fingerprint density at radius 3 is 1.83 bits per heavy atom. The van der Waals surface area contributed by atoms with Gasteiger partial charge in [0.05, 0.1) is 4.90 Å². The molecule has 0 saturated heterocycles. The Hall–Kier alpha value is -1.08. The molecule has 1 unspecified atom stereocenters. The molecule has 0 bridgehead atoms. The lowest BCUT2D eigenvalue weighted by Gasteiger charge is -2.32. The first-order valence-electron chi connectivity index (χ1n) is 5.08. The standard InChI is InChI=1S/C11H14F3NO2S/c1-10(15-2,11(12,13)14)8-4-6-9(7-5-8)18(3,16)17/h4-7,15H,1-3H3. The fourth-order valence-electron chi connectivity index (χ4n) is 1.49. The van der Waals surface area contributed by atoms with Gasteiger partial charge in [-0.15, -0.1) is 0 Å². The molecule has 1 N–H and O–H groups in total. The van der Waals surface area contributed by atoms with Crippen LogP contribution in [0.2, 0.25) is 0 Å². The molecule has 0 heterocycles. The van der Waals surface area contributed by atoms with E-state index in [0.29, 0.717) is 0 Å². The summed E-state index contributed by atoms with van der Waals surface area (Å²) in [6.45, 7) is 1.00. The largest absolute Gasteiger partial charge is 0.410 e. The van der Waals surface area contributed by atoms with Crippen LogP contribution in [-0.4, -0.2) is 27.9 Å². The first-order valence-corrected chi connectivity index (χ1v) is 6.98. The van der Waals surface area contributed by atoms with Gasteiger partial charge >= 0.3 is 6.18 Å². The van der Waals surface area contributed by atoms with Gasteiger partial charge in [-0.05, 0) is 31.7 Å². The monoisotopic (exact) mass is 281 g/mol. The summed E-state index contributed by atoms with van der Waals surface area (Å²) < 4.78 is 61.3. The van der Waals surface area contributed by atoms with Crippen molar-refractivity contribution in [2.45, 2.75) is 23.5 Å². The van der Waals surface area contributed by atoms with Crippen molar-refractivity contribution in [2.75, 3.05) is 13.3 Å². The van der Waals surface area contributed by atoms with E-state index in [1.54, 1.807) is 0 Å². The van der Waals surface area contributed by atoms with E-state index in [4.69, 9.17) is 0 Å². The van der Waals surface area contributed by atoms with Crippen LogP contribution < -0.4 is 5.32 Å². The van der Waals surface area contributed by atoms with Gasteiger partial charge in [-0.25, -0.2) is 8.42 Å². The lowest BCUT2D eigenvalue weighted by Crippen LogP contribution is -2.49. The minimum Gasteiger partial charge on any atom is -0.303 e. The third kappa shape index (κ3) is 2.67. The first-order chi connectivity index (χ1) is 8.02. The molecule has 0 saturated carbocycles. The molecule has 1 aromatic rings. The summed E-state index contributed by atoms with van der Waals surface area (Å²) in [5.74, 6) is 0. The third-order valence-electron chi connectivity index (χ3n) is 2.93. The van der Waals surface area contributed by atoms with Gasteiger partial charge in [0.15, 0.2) is 9.84 Å². The third-order valence-corrected chi connectivity index (χ3v) is 4.06. The van der Waals surface area contributed by atoms with Gasteiger partial charge in [0.2, 0.25) is 0 Å². The highest BCUT2D eigenvalue weighted by molar-refractivity contribution is 7.90. The predicted molar refractivity (Wildman–Crippen MR) is 62.0 cm³/mol. The van der Waals surface area contributed by atoms with E-state index in [9.17, 15) is 21.6 Å². The van der Waals surface area contributed by atoms with Crippen molar-refractivity contribution in [3.63, 3.8) is 0 Å². The topological polar surface area (TPSA) is 46.2 Å². The summed E-state index contributed by atoms with van der Waals surface area (Å²) in [5, 5.41) is 2.22. The summed E-state index contributed by atoms with van der Waals surface area (Å²) in [6, 6.07) is 4.68. The number of rotatable bonds is 3. The number of hydrogen-bond donors (Lipinski definition) is 1. The zero-order valence-corrected chi connectivity index (χ0v) is 11.0. The quantitative estimate of drug-likeness (QED) is 0.922. The van der Waals surface area contributed by atoms with E-state index in [-0.39, 0.29) is 10.5 Å². The number of halogens is 3. The second kappa shape index (κ2) is 4.55. The highest BCUT2D eigenvalue weighted by atomic mass is 32.2. The first kappa shape index (κ1) is 15.0. The number of benzene rings is 1. The maximum atomic E-state index is 12.9. The van der Waals surface area contributed by atoms with E-state index in [0.717, 1.165) is 13.2 Å². The van der Waals surface area contributed by atoms with Crippen molar-refractivity contribution in [3.05, 3.63) is 29.8 Å². The van der Waals surface area contributed by atoms with Gasteiger partial charge in [0.1, 0.15) is 5.54 Å². The van der Waals surface area contributed by atoms with Crippen LogP contribution in [0, 0.1) is 0 Å². The Balaban J connectivity index is 3.27. The summed E-state index contributed by atoms with van der Waals surface area (Å²) in [6.07, 6.45) is -3.47. The lowest BCUT2D eigenvalue weighted by atomic mass is 9.91. The highest BCUT2D eigenvalue weighted by Gasteiger charge is 2.51. The smallest absolute Gasteiger partial charge is 0.303 e. The van der Waals surface area contributed by atoms with Gasteiger partial charge in [0.25, 0.3) is 0 Å². The van der Waals surface area contributed by atoms with E-state index >= 15 is 0 Å². The van der Waals surface area contributed by atoms with Crippen LogP contribution in [0.3, 0.4) is 0 Å². The van der Waals surface area contributed by atoms with Crippen LogP contribution in [0.4, 0.5) is 13.2 Å². The fourth-order valence-corrected chi connectivity index (χ4v) is 2.12. The van der Waals surface area contributed by atoms with Crippen LogP contribution in [0.15, 0.2) is 29.2 Å². The second-order valence-electron chi connectivity index (χ2n) is 4.17. The van der Waals surface area contributed by atoms with Gasteiger partial charge in [-0.1, -0.05) is 12.1 Å². The molecule has 0 amide bonds. The number of alkyl halides is 3. The van der Waals surface area contributed by atoms with Crippen LogP contribution in [0.5, 0.6) is 0 Å². The van der Waals surface area contributed by atoms with Crippen LogP contribution in [0.1, 0.15) is 12.5 Å². The lowest BCUT2D eigenvalue weighted by molar-refractivity contribution is -0.193. The molecule has 1 rings (SSSR count). The minimum absolute atomic E-state index is 0.00752. The Bertz CT molecular complexity index is 522. The van der Waals surface area contributed by atoms with Crippen LogP contribution in [0.25, 0.3) is 0 Å². The molecule has 7 heteroatoms. The Labute approximate surface area is 104 Å². The molecule has 18 heavy (non-hydrogen) atoms. The number of hydrogen-bond acceptors (Lipinski definition) is 3. The molecule has 102 valence electrons. The fraction of sp³-hybridized carbons (Fsp3) is 0.455. The summed E-state index contributed by atoms with van der Waals surface area (Å²) in [4.78, 5) is -0.00752. The number of nitrogens with one attached hydrogen (secondary N) is 1. The van der Waals surface area contributed by atoms with Crippen LogP contribution >= 0.6 is 0 Å². The molecule has 0 spiro atoms. The average molecular weight is 281 g/mol. The van der Waals surface area contributed by atoms with Crippen molar-refractivity contribution in [1.29, 1.82) is 0 Å². The minimum atomic E-state index is -4.48. The van der Waals surface area contributed by atoms with Crippen LogP contribution in [-0.2, 0) is 15.4 Å². The Morgan fingerprint density at radius 2 is 1.56 bits per heavy atom. The molecular weight excluding hydrogens is 267 g/mol. The van der Waals surface area contributed by atoms with Gasteiger partial charge in [-0.2, -0.15) is 13.2 Å². The molecule has 3 nitrogen and oxygen atoms in total. The molecule has 0 radical (unpaired) electrons. The summed E-state index contributed by atoms with van der Waals surface area (Å²) >= 11 is 0. The predicted octanol–water partition coefficient (Wildman–Crippen LogP) is 2.09. The molecule has 1 atom stereocenters. The normalized spacial score (nSPS) is 16.3. The maximum absolute atomic E-state index is 12.9. The van der Waals surface area contributed by atoms with E-state index in [1.807, 2.05) is 0 Å². The zero-order valence-electron chi connectivity index (χ0n) is 10.2. The van der Waals surface area contributed by atoms with E-state index in [2.05, 4.69) is 5.32 Å². The van der Waals surface area contributed by atoms with Crippen molar-refractivity contribution < 1.29 is 21.6 Å². The average Bonchev–Trinajstić information content (AvgIpc) is 2.25. The van der Waals surface area contributed by atoms with Gasteiger partial charge < -0.3 is 5.32 Å². The molecule has 0 aromatic heterocycles. The van der Waals surface area contributed by atoms with Crippen molar-refractivity contribution in [2.24, 2.45) is 0 Å². The summed E-state index contributed by atoms with van der Waals surface area (Å²) in [5.41, 5.74) is -2.24. The summed E-state index contributed by atoms with van der Waals surface area (Å²) in [7, 11) is -2.20.